The number of methoxy groups -OCH3 is 2. The SMILES string of the molecule is C=CCc1cc(C(=O)N(C)CCOc2ccc(Cl)cc2)cc(OC)c1OC. The minimum Gasteiger partial charge on any atom is -0.493 e. The average molecular weight is 390 g/mol. The highest BCUT2D eigenvalue weighted by molar-refractivity contribution is 6.30. The first kappa shape index (κ1) is 20.6. The maximum absolute atomic E-state index is 12.8. The van der Waals surface area contributed by atoms with E-state index in [0.29, 0.717) is 47.4 Å². The molecule has 0 heterocycles. The Kier molecular flexibility index (Phi) is 7.55. The summed E-state index contributed by atoms with van der Waals surface area (Å²) in [4.78, 5) is 14.4. The van der Waals surface area contributed by atoms with Gasteiger partial charge in [0.1, 0.15) is 12.4 Å². The van der Waals surface area contributed by atoms with Gasteiger partial charge in [-0.05, 0) is 42.8 Å². The van der Waals surface area contributed by atoms with Crippen molar-refractivity contribution in [1.82, 2.24) is 4.90 Å². The van der Waals surface area contributed by atoms with Gasteiger partial charge in [0, 0.05) is 23.2 Å². The number of nitrogens with zero attached hydrogens (tertiary/aromatic N) is 1. The van der Waals surface area contributed by atoms with Crippen molar-refractivity contribution < 1.29 is 19.0 Å². The largest absolute Gasteiger partial charge is 0.493 e. The number of ether oxygens (including phenoxy) is 3. The van der Waals surface area contributed by atoms with E-state index in [-0.39, 0.29) is 5.91 Å². The first-order valence-electron chi connectivity index (χ1n) is 8.49. The molecule has 0 unspecified atom stereocenters. The lowest BCUT2D eigenvalue weighted by Crippen LogP contribution is -2.31. The molecule has 0 spiro atoms. The molecule has 144 valence electrons. The van der Waals surface area contributed by atoms with Crippen molar-refractivity contribution in [2.75, 3.05) is 34.4 Å². The molecule has 0 atom stereocenters. The zero-order valence-electron chi connectivity index (χ0n) is 15.8. The van der Waals surface area contributed by atoms with Crippen LogP contribution in [0.4, 0.5) is 0 Å². The van der Waals surface area contributed by atoms with E-state index in [9.17, 15) is 4.79 Å². The summed E-state index contributed by atoms with van der Waals surface area (Å²) in [6, 6.07) is 10.6. The van der Waals surface area contributed by atoms with Gasteiger partial charge in [0.15, 0.2) is 11.5 Å². The quantitative estimate of drug-likeness (QED) is 0.602. The van der Waals surface area contributed by atoms with Crippen LogP contribution >= 0.6 is 11.6 Å². The van der Waals surface area contributed by atoms with Gasteiger partial charge in [-0.15, -0.1) is 6.58 Å². The second kappa shape index (κ2) is 9.88. The zero-order valence-corrected chi connectivity index (χ0v) is 16.6. The third kappa shape index (κ3) is 5.41. The van der Waals surface area contributed by atoms with Crippen LogP contribution in [0.2, 0.25) is 5.02 Å². The van der Waals surface area contributed by atoms with Crippen molar-refractivity contribution in [3.63, 3.8) is 0 Å². The monoisotopic (exact) mass is 389 g/mol. The number of hydrogen-bond donors (Lipinski definition) is 0. The molecule has 6 heteroatoms. The normalized spacial score (nSPS) is 10.2. The van der Waals surface area contributed by atoms with E-state index in [2.05, 4.69) is 6.58 Å². The molecule has 0 saturated heterocycles. The Morgan fingerprint density at radius 2 is 1.89 bits per heavy atom. The fourth-order valence-corrected chi connectivity index (χ4v) is 2.75. The van der Waals surface area contributed by atoms with Crippen molar-refractivity contribution in [1.29, 1.82) is 0 Å². The lowest BCUT2D eigenvalue weighted by Gasteiger charge is -2.20. The summed E-state index contributed by atoms with van der Waals surface area (Å²) in [5.74, 6) is 1.72. The molecule has 5 nitrogen and oxygen atoms in total. The Morgan fingerprint density at radius 3 is 2.48 bits per heavy atom. The molecule has 0 saturated carbocycles. The molecule has 0 bridgehead atoms. The summed E-state index contributed by atoms with van der Waals surface area (Å²) in [5.41, 5.74) is 1.37. The van der Waals surface area contributed by atoms with Crippen LogP contribution in [0.3, 0.4) is 0 Å². The molecule has 0 aliphatic carbocycles. The zero-order chi connectivity index (χ0) is 19.8. The van der Waals surface area contributed by atoms with Crippen LogP contribution in [0.1, 0.15) is 15.9 Å². The van der Waals surface area contributed by atoms with E-state index in [1.54, 1.807) is 62.6 Å². The van der Waals surface area contributed by atoms with Gasteiger partial charge < -0.3 is 19.1 Å². The summed E-state index contributed by atoms with van der Waals surface area (Å²) in [6.45, 7) is 4.56. The summed E-state index contributed by atoms with van der Waals surface area (Å²) in [6.07, 6.45) is 2.33. The summed E-state index contributed by atoms with van der Waals surface area (Å²) in [7, 11) is 4.86. The number of benzene rings is 2. The topological polar surface area (TPSA) is 48.0 Å². The van der Waals surface area contributed by atoms with Crippen molar-refractivity contribution in [3.8, 4) is 17.2 Å². The van der Waals surface area contributed by atoms with Gasteiger partial charge in [0.2, 0.25) is 0 Å². The second-order valence-corrected chi connectivity index (χ2v) is 6.33. The fourth-order valence-electron chi connectivity index (χ4n) is 2.63. The minimum absolute atomic E-state index is 0.124. The van der Waals surface area contributed by atoms with Crippen molar-refractivity contribution >= 4 is 17.5 Å². The Morgan fingerprint density at radius 1 is 1.19 bits per heavy atom. The minimum atomic E-state index is -0.124. The van der Waals surface area contributed by atoms with Gasteiger partial charge in [-0.1, -0.05) is 17.7 Å². The van der Waals surface area contributed by atoms with Crippen LogP contribution in [0.15, 0.2) is 49.1 Å². The number of carbonyl (C=O) groups is 1. The molecule has 2 rings (SSSR count). The molecule has 0 aliphatic rings. The number of rotatable bonds is 9. The van der Waals surface area contributed by atoms with Gasteiger partial charge in [0.05, 0.1) is 20.8 Å². The number of likely N-dealkylation sites (N-methyl/N-ethyl adjacent to an activating group) is 1. The molecule has 2 aromatic rings. The van der Waals surface area contributed by atoms with Crippen LogP contribution in [-0.4, -0.2) is 45.2 Å². The van der Waals surface area contributed by atoms with Gasteiger partial charge in [-0.25, -0.2) is 0 Å². The van der Waals surface area contributed by atoms with E-state index in [1.165, 1.54) is 0 Å². The Balaban J connectivity index is 2.07. The molecule has 0 fully saturated rings. The molecule has 1 amide bonds. The number of amides is 1. The predicted octanol–water partition coefficient (Wildman–Crippen LogP) is 4.24. The third-order valence-electron chi connectivity index (χ3n) is 4.02. The molecule has 0 aromatic heterocycles. The van der Waals surface area contributed by atoms with Gasteiger partial charge in [0.25, 0.3) is 5.91 Å². The Labute approximate surface area is 165 Å². The van der Waals surface area contributed by atoms with E-state index >= 15 is 0 Å². The number of allylic oxidation sites excluding steroid dienone is 1. The molecular formula is C21H24ClNO4. The van der Waals surface area contributed by atoms with Crippen LogP contribution in [0, 0.1) is 0 Å². The van der Waals surface area contributed by atoms with E-state index in [4.69, 9.17) is 25.8 Å². The van der Waals surface area contributed by atoms with E-state index in [1.807, 2.05) is 6.07 Å². The molecule has 0 N–H and O–H groups in total. The molecule has 2 aromatic carbocycles. The van der Waals surface area contributed by atoms with Gasteiger partial charge in [-0.2, -0.15) is 0 Å². The number of hydrogen-bond acceptors (Lipinski definition) is 4. The highest BCUT2D eigenvalue weighted by Gasteiger charge is 2.18. The second-order valence-electron chi connectivity index (χ2n) is 5.89. The lowest BCUT2D eigenvalue weighted by molar-refractivity contribution is 0.0773. The number of carbonyl (C=O) groups excluding carboxylic acids is 1. The lowest BCUT2D eigenvalue weighted by atomic mass is 10.0. The van der Waals surface area contributed by atoms with Crippen LogP contribution in [0.5, 0.6) is 17.2 Å². The summed E-state index contributed by atoms with van der Waals surface area (Å²) >= 11 is 5.85. The maximum atomic E-state index is 12.8. The maximum Gasteiger partial charge on any atom is 0.253 e. The molecule has 27 heavy (non-hydrogen) atoms. The number of halogens is 1. The standard InChI is InChI=1S/C21H24ClNO4/c1-5-6-15-13-16(14-19(25-3)20(15)26-4)21(24)23(2)11-12-27-18-9-7-17(22)8-10-18/h5,7-10,13-14H,1,6,11-12H2,2-4H3. The highest BCUT2D eigenvalue weighted by Crippen LogP contribution is 2.33. The first-order chi connectivity index (χ1) is 13.0. The van der Waals surface area contributed by atoms with E-state index in [0.717, 1.165) is 5.56 Å². The van der Waals surface area contributed by atoms with Crippen LogP contribution in [-0.2, 0) is 6.42 Å². The predicted molar refractivity (Wildman–Crippen MR) is 107 cm³/mol. The summed E-state index contributed by atoms with van der Waals surface area (Å²) in [5, 5.41) is 0.651. The van der Waals surface area contributed by atoms with Crippen LogP contribution < -0.4 is 14.2 Å². The smallest absolute Gasteiger partial charge is 0.253 e. The fraction of sp³-hybridized carbons (Fsp3) is 0.286. The Hall–Kier alpha value is -2.66. The van der Waals surface area contributed by atoms with Gasteiger partial charge >= 0.3 is 0 Å². The van der Waals surface area contributed by atoms with Crippen molar-refractivity contribution in [2.24, 2.45) is 0 Å². The third-order valence-corrected chi connectivity index (χ3v) is 4.27. The summed E-state index contributed by atoms with van der Waals surface area (Å²) < 4.78 is 16.4. The van der Waals surface area contributed by atoms with Crippen LogP contribution in [0.25, 0.3) is 0 Å². The molecular weight excluding hydrogens is 366 g/mol. The highest BCUT2D eigenvalue weighted by atomic mass is 35.5. The van der Waals surface area contributed by atoms with Crippen molar-refractivity contribution in [3.05, 3.63) is 65.2 Å². The Bertz CT molecular complexity index is 790. The van der Waals surface area contributed by atoms with E-state index < -0.39 is 0 Å². The molecule has 0 radical (unpaired) electrons. The van der Waals surface area contributed by atoms with Crippen molar-refractivity contribution in [2.45, 2.75) is 6.42 Å². The van der Waals surface area contributed by atoms with Gasteiger partial charge in [-0.3, -0.25) is 4.79 Å². The molecule has 0 aliphatic heterocycles. The average Bonchev–Trinajstić information content (AvgIpc) is 2.68. The first-order valence-corrected chi connectivity index (χ1v) is 8.87.